The molecule has 2 aromatic rings. The van der Waals surface area contributed by atoms with E-state index < -0.39 is 13.7 Å². The van der Waals surface area contributed by atoms with Gasteiger partial charge in [0, 0.05) is 45.0 Å². The van der Waals surface area contributed by atoms with Gasteiger partial charge in [0.15, 0.2) is 5.78 Å². The van der Waals surface area contributed by atoms with Crippen molar-refractivity contribution in [1.82, 2.24) is 0 Å². The van der Waals surface area contributed by atoms with E-state index in [0.717, 1.165) is 18.0 Å². The highest BCUT2D eigenvalue weighted by atomic mass is 31.2. The van der Waals surface area contributed by atoms with Crippen LogP contribution in [0.1, 0.15) is 29.6 Å². The van der Waals surface area contributed by atoms with Crippen LogP contribution in [0.4, 0.5) is 17.1 Å². The van der Waals surface area contributed by atoms with Gasteiger partial charge in [0.2, 0.25) is 0 Å². The maximum atomic E-state index is 12.3. The second-order valence-corrected chi connectivity index (χ2v) is 9.73. The minimum Gasteiger partial charge on any atom is -0.388 e. The number of ether oxygens (including phenoxy) is 1. The molecule has 2 atom stereocenters. The van der Waals surface area contributed by atoms with Gasteiger partial charge in [-0.15, -0.1) is 0 Å². The third-order valence-corrected chi connectivity index (χ3v) is 5.22. The molecule has 0 amide bonds. The second kappa shape index (κ2) is 13.3. The normalized spacial score (nSPS) is 14.2. The summed E-state index contributed by atoms with van der Waals surface area (Å²) in [6.07, 6.45) is 0.721. The van der Waals surface area contributed by atoms with Gasteiger partial charge in [-0.2, -0.15) is 10.2 Å². The molecule has 0 aliphatic rings. The zero-order valence-electron chi connectivity index (χ0n) is 19.3. The number of hydrogen-bond acceptors (Lipinski definition) is 8. The quantitative estimate of drug-likeness (QED) is 0.175. The molecule has 2 N–H and O–H groups in total. The zero-order chi connectivity index (χ0) is 24.3. The molecule has 2 aromatic carbocycles. The van der Waals surface area contributed by atoms with Crippen molar-refractivity contribution < 1.29 is 28.6 Å². The van der Waals surface area contributed by atoms with Gasteiger partial charge in [0.25, 0.3) is 0 Å². The van der Waals surface area contributed by atoms with Gasteiger partial charge in [-0.05, 0) is 61.4 Å². The monoisotopic (exact) mass is 477 g/mol. The Morgan fingerprint density at radius 1 is 1.00 bits per heavy atom. The third-order valence-electron chi connectivity index (χ3n) is 4.60. The SMILES string of the molecule is CN(C)c1ccc(N=Nc2ccc(C(=O)CCCCOCC(O)COP(C)(=O)O)cc2)cc1. The molecule has 2 rings (SSSR count). The van der Waals surface area contributed by atoms with Crippen molar-refractivity contribution >= 4 is 30.4 Å². The average Bonchev–Trinajstić information content (AvgIpc) is 2.78. The summed E-state index contributed by atoms with van der Waals surface area (Å²) in [7, 11) is 0.350. The van der Waals surface area contributed by atoms with Gasteiger partial charge in [-0.25, -0.2) is 0 Å². The molecule has 0 saturated heterocycles. The van der Waals surface area contributed by atoms with E-state index in [1.165, 1.54) is 0 Å². The van der Waals surface area contributed by atoms with Gasteiger partial charge >= 0.3 is 7.60 Å². The molecule has 0 aromatic heterocycles. The number of azo groups is 1. The van der Waals surface area contributed by atoms with Gasteiger partial charge in [0.05, 0.1) is 24.6 Å². The first-order valence-electron chi connectivity index (χ1n) is 10.7. The van der Waals surface area contributed by atoms with Crippen molar-refractivity contribution in [3.63, 3.8) is 0 Å². The van der Waals surface area contributed by atoms with E-state index in [-0.39, 0.29) is 19.0 Å². The van der Waals surface area contributed by atoms with E-state index in [9.17, 15) is 14.5 Å². The van der Waals surface area contributed by atoms with E-state index in [1.807, 2.05) is 43.3 Å². The van der Waals surface area contributed by atoms with Crippen molar-refractivity contribution in [2.24, 2.45) is 10.2 Å². The Morgan fingerprint density at radius 3 is 2.12 bits per heavy atom. The highest BCUT2D eigenvalue weighted by molar-refractivity contribution is 7.51. The lowest BCUT2D eigenvalue weighted by atomic mass is 10.1. The highest BCUT2D eigenvalue weighted by Crippen LogP contribution is 2.36. The smallest absolute Gasteiger partial charge is 0.325 e. The van der Waals surface area contributed by atoms with Crippen LogP contribution in [0.3, 0.4) is 0 Å². The van der Waals surface area contributed by atoms with Crippen LogP contribution in [0, 0.1) is 0 Å². The topological polar surface area (TPSA) is 121 Å². The number of nitrogens with zero attached hydrogens (tertiary/aromatic N) is 3. The first-order valence-corrected chi connectivity index (χ1v) is 12.7. The van der Waals surface area contributed by atoms with Crippen molar-refractivity contribution in [2.75, 3.05) is 45.5 Å². The number of aliphatic hydroxyl groups excluding tert-OH is 1. The number of unbranched alkanes of at least 4 members (excludes halogenated alkanes) is 1. The molecule has 10 heteroatoms. The van der Waals surface area contributed by atoms with Crippen LogP contribution in [0.2, 0.25) is 0 Å². The first-order chi connectivity index (χ1) is 15.6. The average molecular weight is 477 g/mol. The van der Waals surface area contributed by atoms with Crippen molar-refractivity contribution in [2.45, 2.75) is 25.4 Å². The molecule has 0 heterocycles. The molecule has 0 radical (unpaired) electrons. The van der Waals surface area contributed by atoms with E-state index >= 15 is 0 Å². The third kappa shape index (κ3) is 10.8. The van der Waals surface area contributed by atoms with E-state index in [4.69, 9.17) is 9.63 Å². The standard InChI is InChI=1S/C23H32N3O6P/c1-26(2)21-13-11-20(12-14-21)25-24-19-9-7-18(8-10-19)23(28)6-4-5-15-31-16-22(27)17-32-33(3,29)30/h7-14,22,27H,4-6,15-17H2,1-3H3,(H,29,30). The number of Topliss-reactive ketones (excluding diaryl/α,β-unsaturated/α-hetero) is 1. The molecular formula is C23H32N3O6P. The number of hydrogen-bond donors (Lipinski definition) is 2. The first kappa shape index (κ1) is 26.8. The fraction of sp³-hybridized carbons (Fsp3) is 0.435. The van der Waals surface area contributed by atoms with Gasteiger partial charge in [0.1, 0.15) is 6.10 Å². The Hall–Kier alpha value is -2.42. The van der Waals surface area contributed by atoms with Crippen LogP contribution in [0.5, 0.6) is 0 Å². The minimum atomic E-state index is -3.60. The summed E-state index contributed by atoms with van der Waals surface area (Å²) in [5, 5.41) is 18.0. The fourth-order valence-electron chi connectivity index (χ4n) is 2.77. The number of carbonyl (C=O) groups is 1. The summed E-state index contributed by atoms with van der Waals surface area (Å²) >= 11 is 0. The lowest BCUT2D eigenvalue weighted by Gasteiger charge is -2.13. The molecule has 0 saturated carbocycles. The van der Waals surface area contributed by atoms with Crippen molar-refractivity contribution in [1.29, 1.82) is 0 Å². The maximum Gasteiger partial charge on any atom is 0.325 e. The lowest BCUT2D eigenvalue weighted by Crippen LogP contribution is -2.21. The molecular weight excluding hydrogens is 445 g/mol. The van der Waals surface area contributed by atoms with Crippen LogP contribution < -0.4 is 4.90 Å². The molecule has 180 valence electrons. The maximum absolute atomic E-state index is 12.3. The number of carbonyl (C=O) groups excluding carboxylic acids is 1. The molecule has 0 fully saturated rings. The summed E-state index contributed by atoms with van der Waals surface area (Å²) < 4.78 is 20.9. The summed E-state index contributed by atoms with van der Waals surface area (Å²) in [6.45, 7) is 1.17. The predicted molar refractivity (Wildman–Crippen MR) is 128 cm³/mol. The Morgan fingerprint density at radius 2 is 1.58 bits per heavy atom. The Labute approximate surface area is 194 Å². The number of benzene rings is 2. The largest absolute Gasteiger partial charge is 0.388 e. The van der Waals surface area contributed by atoms with Crippen LogP contribution in [0.25, 0.3) is 0 Å². The lowest BCUT2D eigenvalue weighted by molar-refractivity contribution is 0.00924. The van der Waals surface area contributed by atoms with Crippen LogP contribution in [-0.4, -0.2) is 62.5 Å². The van der Waals surface area contributed by atoms with Crippen LogP contribution >= 0.6 is 7.60 Å². The Kier molecular flexibility index (Phi) is 10.8. The van der Waals surface area contributed by atoms with E-state index in [1.54, 1.807) is 24.3 Å². The molecule has 0 spiro atoms. The second-order valence-electron chi connectivity index (χ2n) is 7.87. The molecule has 0 aliphatic heterocycles. The molecule has 33 heavy (non-hydrogen) atoms. The zero-order valence-corrected chi connectivity index (χ0v) is 20.1. The van der Waals surface area contributed by atoms with E-state index in [0.29, 0.717) is 37.1 Å². The minimum absolute atomic E-state index is 0.00373. The summed E-state index contributed by atoms with van der Waals surface area (Å²) in [4.78, 5) is 23.4. The van der Waals surface area contributed by atoms with Crippen LogP contribution in [-0.2, 0) is 13.8 Å². The Balaban J connectivity index is 1.67. The van der Waals surface area contributed by atoms with Gasteiger partial charge < -0.3 is 24.2 Å². The number of anilines is 1. The number of aliphatic hydroxyl groups is 1. The fourth-order valence-corrected chi connectivity index (χ4v) is 3.22. The molecule has 2 unspecified atom stereocenters. The predicted octanol–water partition coefficient (Wildman–Crippen LogP) is 4.73. The van der Waals surface area contributed by atoms with E-state index in [2.05, 4.69) is 14.8 Å². The number of rotatable bonds is 14. The van der Waals surface area contributed by atoms with Crippen molar-refractivity contribution in [3.8, 4) is 0 Å². The summed E-state index contributed by atoms with van der Waals surface area (Å²) in [5.74, 6) is 0.0350. The number of ketones is 1. The molecule has 9 nitrogen and oxygen atoms in total. The summed E-state index contributed by atoms with van der Waals surface area (Å²) in [5.41, 5.74) is 3.12. The van der Waals surface area contributed by atoms with Crippen molar-refractivity contribution in [3.05, 3.63) is 54.1 Å². The highest BCUT2D eigenvalue weighted by Gasteiger charge is 2.14. The van der Waals surface area contributed by atoms with Crippen LogP contribution in [0.15, 0.2) is 58.8 Å². The Bertz CT molecular complexity index is 942. The van der Waals surface area contributed by atoms with Gasteiger partial charge in [-0.1, -0.05) is 0 Å². The molecule has 0 aliphatic carbocycles. The summed E-state index contributed by atoms with van der Waals surface area (Å²) in [6, 6.07) is 14.7. The molecule has 0 bridgehead atoms. The van der Waals surface area contributed by atoms with Gasteiger partial charge in [-0.3, -0.25) is 9.36 Å².